The Hall–Kier alpha value is -1.93. The van der Waals surface area contributed by atoms with Gasteiger partial charge in [0, 0.05) is 17.1 Å². The molecular formula is C19H17Cl3N4O2S. The second-order valence-electron chi connectivity index (χ2n) is 5.86. The number of ether oxygens (including phenoxy) is 1. The van der Waals surface area contributed by atoms with E-state index >= 15 is 0 Å². The maximum Gasteiger partial charge on any atom is 0.234 e. The molecule has 10 heteroatoms. The number of hydrogen-bond acceptors (Lipinski definition) is 5. The molecule has 1 aromatic heterocycles. The van der Waals surface area contributed by atoms with Crippen LogP contribution in [-0.2, 0) is 11.3 Å². The molecule has 29 heavy (non-hydrogen) atoms. The Morgan fingerprint density at radius 2 is 1.93 bits per heavy atom. The van der Waals surface area contributed by atoms with Crippen LogP contribution in [0.3, 0.4) is 0 Å². The van der Waals surface area contributed by atoms with Gasteiger partial charge >= 0.3 is 0 Å². The number of methoxy groups -OCH3 is 1. The van der Waals surface area contributed by atoms with E-state index in [1.807, 2.05) is 17.6 Å². The van der Waals surface area contributed by atoms with Gasteiger partial charge in [0.15, 0.2) is 11.0 Å². The molecule has 0 radical (unpaired) electrons. The number of carbonyl (C=O) groups excluding carboxylic acids is 1. The minimum absolute atomic E-state index is 0.148. The fraction of sp³-hybridized carbons (Fsp3) is 0.211. The van der Waals surface area contributed by atoms with Gasteiger partial charge < -0.3 is 14.6 Å². The number of carbonyl (C=O) groups is 1. The van der Waals surface area contributed by atoms with Crippen LogP contribution in [0.25, 0.3) is 11.4 Å². The summed E-state index contributed by atoms with van der Waals surface area (Å²) in [6.07, 6.45) is 0. The van der Waals surface area contributed by atoms with Crippen LogP contribution in [0.1, 0.15) is 6.92 Å². The van der Waals surface area contributed by atoms with Crippen LogP contribution in [-0.4, -0.2) is 33.5 Å². The molecule has 2 aromatic carbocycles. The summed E-state index contributed by atoms with van der Waals surface area (Å²) in [6, 6.07) is 10.3. The predicted octanol–water partition coefficient (Wildman–Crippen LogP) is 5.66. The quantitative estimate of drug-likeness (QED) is 0.450. The Morgan fingerprint density at radius 1 is 1.14 bits per heavy atom. The van der Waals surface area contributed by atoms with Crippen molar-refractivity contribution in [2.75, 3.05) is 18.2 Å². The van der Waals surface area contributed by atoms with Crippen molar-refractivity contribution in [3.8, 4) is 17.1 Å². The minimum Gasteiger partial charge on any atom is -0.495 e. The third kappa shape index (κ3) is 5.17. The zero-order chi connectivity index (χ0) is 21.0. The van der Waals surface area contributed by atoms with E-state index < -0.39 is 0 Å². The number of anilines is 1. The van der Waals surface area contributed by atoms with E-state index in [9.17, 15) is 4.79 Å². The van der Waals surface area contributed by atoms with Gasteiger partial charge in [0.2, 0.25) is 5.91 Å². The Balaban J connectivity index is 1.73. The number of rotatable bonds is 7. The molecule has 0 aliphatic heterocycles. The molecule has 3 aromatic rings. The highest BCUT2D eigenvalue weighted by molar-refractivity contribution is 7.99. The van der Waals surface area contributed by atoms with E-state index in [1.54, 1.807) is 30.3 Å². The first-order valence-electron chi connectivity index (χ1n) is 8.57. The van der Waals surface area contributed by atoms with Crippen molar-refractivity contribution in [3.05, 3.63) is 51.5 Å². The predicted molar refractivity (Wildman–Crippen MR) is 119 cm³/mol. The lowest BCUT2D eigenvalue weighted by Gasteiger charge is -2.11. The Kier molecular flexibility index (Phi) is 7.29. The summed E-state index contributed by atoms with van der Waals surface area (Å²) in [4.78, 5) is 12.4. The van der Waals surface area contributed by atoms with Crippen molar-refractivity contribution in [1.82, 2.24) is 14.8 Å². The Morgan fingerprint density at radius 3 is 2.62 bits per heavy atom. The lowest BCUT2D eigenvalue weighted by Crippen LogP contribution is -2.15. The van der Waals surface area contributed by atoms with Crippen LogP contribution in [0, 0.1) is 0 Å². The zero-order valence-corrected chi connectivity index (χ0v) is 18.7. The summed E-state index contributed by atoms with van der Waals surface area (Å²) in [5.41, 5.74) is 1.31. The van der Waals surface area contributed by atoms with Crippen molar-refractivity contribution in [2.24, 2.45) is 0 Å². The fourth-order valence-electron chi connectivity index (χ4n) is 2.62. The summed E-state index contributed by atoms with van der Waals surface area (Å²) < 4.78 is 7.16. The molecule has 3 rings (SSSR count). The van der Waals surface area contributed by atoms with E-state index in [2.05, 4.69) is 15.5 Å². The van der Waals surface area contributed by atoms with Crippen molar-refractivity contribution < 1.29 is 9.53 Å². The van der Waals surface area contributed by atoms with E-state index in [1.165, 1.54) is 18.9 Å². The molecule has 0 fully saturated rings. The van der Waals surface area contributed by atoms with Gasteiger partial charge in [-0.3, -0.25) is 4.79 Å². The number of benzene rings is 2. The highest BCUT2D eigenvalue weighted by Crippen LogP contribution is 2.30. The molecule has 1 heterocycles. The van der Waals surface area contributed by atoms with Crippen molar-refractivity contribution in [3.63, 3.8) is 0 Å². The van der Waals surface area contributed by atoms with Gasteiger partial charge in [0.1, 0.15) is 5.75 Å². The second kappa shape index (κ2) is 9.71. The first kappa shape index (κ1) is 21.8. The summed E-state index contributed by atoms with van der Waals surface area (Å²) in [5, 5.41) is 13.3. The molecular weight excluding hydrogens is 455 g/mol. The third-order valence-corrected chi connectivity index (χ3v) is 5.92. The number of thioether (sulfide) groups is 1. The highest BCUT2D eigenvalue weighted by atomic mass is 35.5. The normalized spacial score (nSPS) is 10.8. The zero-order valence-electron chi connectivity index (χ0n) is 15.6. The summed E-state index contributed by atoms with van der Waals surface area (Å²) in [7, 11) is 1.53. The van der Waals surface area contributed by atoms with Crippen LogP contribution >= 0.6 is 46.6 Å². The molecule has 0 saturated carbocycles. The molecule has 0 spiro atoms. The summed E-state index contributed by atoms with van der Waals surface area (Å²) in [5.74, 6) is 1.13. The number of nitrogens with zero attached hydrogens (tertiary/aromatic N) is 3. The lowest BCUT2D eigenvalue weighted by atomic mass is 10.2. The molecule has 0 aliphatic rings. The Labute approximate surface area is 187 Å². The number of hydrogen-bond donors (Lipinski definition) is 1. The van der Waals surface area contributed by atoms with Crippen molar-refractivity contribution >= 4 is 58.2 Å². The first-order valence-corrected chi connectivity index (χ1v) is 10.7. The van der Waals surface area contributed by atoms with Gasteiger partial charge in [-0.05, 0) is 43.3 Å². The number of halogens is 3. The first-order chi connectivity index (χ1) is 13.9. The van der Waals surface area contributed by atoms with E-state index in [0.29, 0.717) is 44.0 Å². The van der Waals surface area contributed by atoms with E-state index in [-0.39, 0.29) is 11.7 Å². The largest absolute Gasteiger partial charge is 0.495 e. The van der Waals surface area contributed by atoms with E-state index in [4.69, 9.17) is 39.5 Å². The van der Waals surface area contributed by atoms with Crippen LogP contribution in [0.15, 0.2) is 41.6 Å². The molecule has 0 bridgehead atoms. The molecule has 0 aliphatic carbocycles. The average molecular weight is 472 g/mol. The molecule has 0 saturated heterocycles. The van der Waals surface area contributed by atoms with Crippen molar-refractivity contribution in [1.29, 1.82) is 0 Å². The van der Waals surface area contributed by atoms with Gasteiger partial charge in [-0.15, -0.1) is 10.2 Å². The van der Waals surface area contributed by atoms with Gasteiger partial charge in [0.05, 0.1) is 28.6 Å². The summed E-state index contributed by atoms with van der Waals surface area (Å²) in [6.45, 7) is 2.61. The minimum atomic E-state index is -0.211. The lowest BCUT2D eigenvalue weighted by molar-refractivity contribution is -0.113. The molecule has 1 N–H and O–H groups in total. The molecule has 152 valence electrons. The maximum atomic E-state index is 12.4. The van der Waals surface area contributed by atoms with Gasteiger partial charge in [-0.2, -0.15) is 0 Å². The average Bonchev–Trinajstić information content (AvgIpc) is 3.11. The topological polar surface area (TPSA) is 69.0 Å². The number of amides is 1. The van der Waals surface area contributed by atoms with Gasteiger partial charge in [-0.1, -0.05) is 46.6 Å². The molecule has 1 amide bonds. The molecule has 6 nitrogen and oxygen atoms in total. The number of nitrogens with one attached hydrogen (secondary N) is 1. The molecule has 0 atom stereocenters. The van der Waals surface area contributed by atoms with Crippen LogP contribution in [0.2, 0.25) is 15.1 Å². The summed E-state index contributed by atoms with van der Waals surface area (Å²) >= 11 is 19.4. The second-order valence-corrected chi connectivity index (χ2v) is 8.05. The van der Waals surface area contributed by atoms with Crippen LogP contribution < -0.4 is 10.1 Å². The van der Waals surface area contributed by atoms with Gasteiger partial charge in [-0.25, -0.2) is 0 Å². The van der Waals surface area contributed by atoms with Crippen LogP contribution in [0.5, 0.6) is 5.75 Å². The van der Waals surface area contributed by atoms with Crippen LogP contribution in [0.4, 0.5) is 5.69 Å². The smallest absolute Gasteiger partial charge is 0.234 e. The van der Waals surface area contributed by atoms with Gasteiger partial charge in [0.25, 0.3) is 0 Å². The van der Waals surface area contributed by atoms with E-state index in [0.717, 1.165) is 5.56 Å². The Bertz CT molecular complexity index is 1040. The molecule has 0 unspecified atom stereocenters. The SMILES string of the molecule is CCn1c(SCC(=O)Nc2cc(Cl)ccc2OC)nnc1-c1ccc(Cl)c(Cl)c1. The number of aromatic nitrogens is 3. The maximum absolute atomic E-state index is 12.4. The monoisotopic (exact) mass is 470 g/mol. The fourth-order valence-corrected chi connectivity index (χ4v) is 3.90. The highest BCUT2D eigenvalue weighted by Gasteiger charge is 2.16. The van der Waals surface area contributed by atoms with Crippen molar-refractivity contribution in [2.45, 2.75) is 18.6 Å². The standard InChI is InChI=1S/C19H17Cl3N4O2S/c1-3-26-18(11-4-6-13(21)14(22)8-11)24-25-19(26)29-10-17(27)23-15-9-12(20)5-7-16(15)28-2/h4-9H,3,10H2,1-2H3,(H,23,27). The third-order valence-electron chi connectivity index (χ3n) is 3.98.